The van der Waals surface area contributed by atoms with E-state index < -0.39 is 154 Å². The highest BCUT2D eigenvalue weighted by molar-refractivity contribution is 7.73. The number of H-pyrrole nitrogens is 4. The molecule has 0 amide bonds. The lowest BCUT2D eigenvalue weighted by Gasteiger charge is -2.20. The van der Waals surface area contributed by atoms with Crippen molar-refractivity contribution in [2.24, 2.45) is 0 Å². The maximum atomic E-state index is 12.3. The minimum atomic E-state index is -1.29. The number of ether oxygens (including phenoxy) is 5. The average molecular weight is 1510 g/mol. The van der Waals surface area contributed by atoms with Crippen LogP contribution in [-0.2, 0) is 59.2 Å². The third-order valence-corrected chi connectivity index (χ3v) is 23.0. The van der Waals surface area contributed by atoms with Gasteiger partial charge in [0, 0.05) is 80.1 Å². The van der Waals surface area contributed by atoms with E-state index in [-0.39, 0.29) is 57.2 Å². The van der Waals surface area contributed by atoms with Crippen molar-refractivity contribution in [1.29, 1.82) is 0 Å². The number of aliphatic hydroxyl groups excluding tert-OH is 7. The highest BCUT2D eigenvalue weighted by Crippen LogP contribution is 2.43. The molecule has 99 heavy (non-hydrogen) atoms. The Morgan fingerprint density at radius 2 is 0.717 bits per heavy atom. The van der Waals surface area contributed by atoms with Crippen molar-refractivity contribution in [3.05, 3.63) is 119 Å². The molecule has 16 atom stereocenters. The highest BCUT2D eigenvalue weighted by Gasteiger charge is 2.48. The van der Waals surface area contributed by atoms with Gasteiger partial charge in [0.05, 0.1) is 24.4 Å². The minimum Gasteiger partial charge on any atom is -0.388 e. The Morgan fingerprint density at radius 1 is 0.455 bits per heavy atom. The van der Waals surface area contributed by atoms with Crippen LogP contribution in [0.15, 0.2) is 53.6 Å². The molecular weight excluding hydrogens is 1400 g/mol. The van der Waals surface area contributed by atoms with Crippen LogP contribution in [0.4, 0.5) is 0 Å². The minimum absolute atomic E-state index is 0.0417. The van der Waals surface area contributed by atoms with Crippen molar-refractivity contribution in [2.45, 2.75) is 164 Å². The summed E-state index contributed by atoms with van der Waals surface area (Å²) in [5.41, 5.74) is -1.94. The molecule has 30 nitrogen and oxygen atoms in total. The van der Waals surface area contributed by atoms with Crippen LogP contribution in [0, 0.1) is 9.54 Å². The third-order valence-electron chi connectivity index (χ3n) is 16.5. The average Bonchev–Trinajstić information content (AvgIpc) is 1.70. The number of nitrogens with one attached hydrogen (secondary N) is 6. The first-order chi connectivity index (χ1) is 45.8. The lowest BCUT2D eigenvalue weighted by molar-refractivity contribution is -0.117. The van der Waals surface area contributed by atoms with Gasteiger partial charge in [0.2, 0.25) is 0 Å². The summed E-state index contributed by atoms with van der Waals surface area (Å²) in [4.78, 5) is 104. The zero-order chi connectivity index (χ0) is 74.7. The summed E-state index contributed by atoms with van der Waals surface area (Å²) in [6, 6.07) is 0. The van der Waals surface area contributed by atoms with Crippen LogP contribution < -0.4 is 44.3 Å². The fourth-order valence-corrected chi connectivity index (χ4v) is 15.5. The third kappa shape index (κ3) is 24.3. The Balaban J connectivity index is 0.000000238. The molecule has 8 rings (SSSR count). The number of carbonyl (C=O) groups is 2. The molecule has 4 fully saturated rings. The van der Waals surface area contributed by atoms with Crippen molar-refractivity contribution in [2.75, 3.05) is 99.2 Å². The lowest BCUT2D eigenvalue weighted by Crippen LogP contribution is -2.39. The summed E-state index contributed by atoms with van der Waals surface area (Å²) in [5.74, 6) is -0.363. The zero-order valence-corrected chi connectivity index (χ0v) is 63.9. The smallest absolute Gasteiger partial charge is 0.330 e. The van der Waals surface area contributed by atoms with E-state index in [0.717, 1.165) is 29.2 Å². The Morgan fingerprint density at radius 3 is 1.04 bits per heavy atom. The maximum Gasteiger partial charge on any atom is 0.330 e. The van der Waals surface area contributed by atoms with E-state index in [9.17, 15) is 74.1 Å². The molecule has 13 N–H and O–H groups in total. The molecule has 0 aromatic carbocycles. The monoisotopic (exact) mass is 1510 g/mol. The van der Waals surface area contributed by atoms with Gasteiger partial charge in [-0.1, -0.05) is 0 Å². The molecule has 4 saturated heterocycles. The van der Waals surface area contributed by atoms with Crippen LogP contribution in [0.25, 0.3) is 0 Å². The molecule has 0 bridgehead atoms. The van der Waals surface area contributed by atoms with Gasteiger partial charge in [-0.3, -0.25) is 67.0 Å². The molecule has 4 aromatic rings. The van der Waals surface area contributed by atoms with E-state index in [4.69, 9.17) is 48.1 Å². The fraction of sp³-hybridized carbons (Fsp3) is 0.651. The first-order valence-corrected chi connectivity index (χ1v) is 45.1. The van der Waals surface area contributed by atoms with Gasteiger partial charge in [0.1, 0.15) is 60.4 Å². The van der Waals surface area contributed by atoms with Gasteiger partial charge in [-0.2, -0.15) is 0 Å². The first kappa shape index (κ1) is 85.2. The number of ketones is 2. The Bertz CT molecular complexity index is 4040. The lowest BCUT2D eigenvalue weighted by atomic mass is 10.1. The predicted molar refractivity (Wildman–Crippen MR) is 399 cm³/mol. The fourth-order valence-electron chi connectivity index (χ4n) is 11.2. The van der Waals surface area contributed by atoms with Crippen LogP contribution >= 0.6 is 52.0 Å². The van der Waals surface area contributed by atoms with Gasteiger partial charge < -0.3 is 70.1 Å². The van der Waals surface area contributed by atoms with Gasteiger partial charge in [0.15, 0.2) is 34.5 Å². The van der Waals surface area contributed by atoms with E-state index in [2.05, 4.69) is 109 Å². The molecule has 0 unspecified atom stereocenters. The second-order valence-corrected chi connectivity index (χ2v) is 46.3. The molecule has 4 aromatic heterocycles. The molecule has 0 spiro atoms. The molecule has 558 valence electrons. The molecule has 36 heteroatoms. The summed E-state index contributed by atoms with van der Waals surface area (Å²) in [7, 11) is 4.84. The predicted octanol–water partition coefficient (Wildman–Crippen LogP) is 0.115. The first-order valence-electron chi connectivity index (χ1n) is 32.1. The number of rotatable bonds is 25. The molecule has 4 aliphatic rings. The number of aliphatic hydroxyl groups is 7. The number of carbonyl (C=O) groups excluding carboxylic acids is 2. The maximum absolute atomic E-state index is 12.3. The highest BCUT2D eigenvalue weighted by atomic mass is 32.1. The van der Waals surface area contributed by atoms with E-state index in [1.54, 1.807) is 20.3 Å². The number of Topliss-reactive ketones (excluding diaryl/α,β-unsaturated/α-hetero) is 2. The van der Waals surface area contributed by atoms with Gasteiger partial charge in [-0.25, -0.2) is 9.59 Å². The SMILES string of the molecule is C=P(C)(C)CC[C@H]1O[C@@H](n2cc(CC(C)=O)c(=O)[nH]c2=O)[C@H](OC)[C@@H]1O.C=P(C)(C)CC[C@H]1O[C@@H](n2cc(CC(C)=O)c(=O)[nH]c2=S)[C@H](O)[C@@H]1O.C=P(C)(C)CC[C@H]1O[C@@H](n2cc(CNC)c(=O)[nH]c2=O)[C@H](O)[C@@H]1O.C=P(C)(C)CC[C@H]1O[C@@H](n2cc(CNC)c(=O)[nH]c2=S)[C@H](O)[C@@H]1O. The number of hydrogen-bond acceptors (Lipinski definition) is 24. The summed E-state index contributed by atoms with van der Waals surface area (Å²) in [6.45, 7) is 15.0. The Labute approximate surface area is 585 Å². The van der Waals surface area contributed by atoms with Crippen molar-refractivity contribution in [1.82, 2.24) is 48.8 Å². The Hall–Kier alpha value is -4.46. The van der Waals surface area contributed by atoms with Crippen LogP contribution in [0.3, 0.4) is 0 Å². The summed E-state index contributed by atoms with van der Waals surface area (Å²) >= 11 is 10.3. The largest absolute Gasteiger partial charge is 0.388 e. The van der Waals surface area contributed by atoms with Crippen molar-refractivity contribution in [3.8, 4) is 0 Å². The van der Waals surface area contributed by atoms with Crippen LogP contribution in [0.2, 0.25) is 0 Å². The number of aromatic amines is 4. The molecule has 0 saturated carbocycles. The number of hydrogen-bond donors (Lipinski definition) is 13. The van der Waals surface area contributed by atoms with Crippen LogP contribution in [0.1, 0.15) is 86.7 Å². The van der Waals surface area contributed by atoms with Crippen molar-refractivity contribution < 1.29 is 69.0 Å². The molecule has 0 aliphatic carbocycles. The van der Waals surface area contributed by atoms with Gasteiger partial charge in [-0.15, -0.1) is 52.7 Å². The number of methoxy groups -OCH3 is 1. The van der Waals surface area contributed by atoms with Crippen LogP contribution in [-0.4, -0.2) is 283 Å². The van der Waals surface area contributed by atoms with Gasteiger partial charge in [0.25, 0.3) is 22.2 Å². The second-order valence-electron chi connectivity index (χ2n) is 28.3. The standard InChI is InChI=1S/C17H27N2O6P.C16H25N2O5PS.C15H26N3O5P.C15H26N3O4PS/c1-10(20)8-11-9-19(17(23)18-15(11)22)16-14(24-2)13(21)12(25-16)6-7-26(3,4)5;1-9(19)7-10-8-18(16(25)17-14(10)22)15-13(21)12(20)11(23-15)5-6-24(2,3)4;1-16-7-9-8-18(15(22)17-13(9)21)14-12(20)11(19)10(23-14)5-6-24(2,3)4;1-16-7-9-8-18(15(24)17-13(9)21)14-12(20)11(19)10(22-14)5-6-23(2,3)4/h9,12-14,16,21H,3,6-8H2,1-2,4-5H3,(H,18,22,23);8,11-13,15,20-21H,2,5-7H2,1,3-4H3,(H,17,22,25);8,10-12,14,16,19-20H,2,5-7H2,1,3-4H3,(H,17,21,22);8,10-12,14,16,19-20H,2,5-7H2,1,3-4H3,(H,17,21,24)/t12-,13-,14-,16-;11-,12-,13-,15-;2*10-,11-,12-,14-/m1111/s1. The van der Waals surface area contributed by atoms with Crippen molar-refractivity contribution >= 4 is 88.7 Å². The normalized spacial score (nSPS) is 27.0. The number of aromatic nitrogens is 8. The van der Waals surface area contributed by atoms with Crippen molar-refractivity contribution in [3.63, 3.8) is 0 Å². The quantitative estimate of drug-likeness (QED) is 0.0309. The number of nitrogens with zero attached hydrogens (tertiary/aromatic N) is 4. The van der Waals surface area contributed by atoms with E-state index >= 15 is 0 Å². The van der Waals surface area contributed by atoms with E-state index in [1.807, 2.05) is 0 Å². The Kier molecular flexibility index (Phi) is 31.2. The van der Waals surface area contributed by atoms with E-state index in [0.29, 0.717) is 43.4 Å². The van der Waals surface area contributed by atoms with E-state index in [1.165, 1.54) is 53.2 Å². The summed E-state index contributed by atoms with van der Waals surface area (Å²) < 4.78 is 34.1. The summed E-state index contributed by atoms with van der Waals surface area (Å²) in [6.07, 6.45) is 13.7. The molecule has 8 heterocycles. The molecule has 0 radical (unpaired) electrons. The topological polar surface area (TPSA) is 431 Å². The molecule has 4 aliphatic heterocycles. The summed E-state index contributed by atoms with van der Waals surface area (Å²) in [5, 5.41) is 78.1. The van der Waals surface area contributed by atoms with Gasteiger partial charge in [-0.05, 0) is 156 Å². The van der Waals surface area contributed by atoms with Crippen LogP contribution in [0.5, 0.6) is 0 Å². The zero-order valence-electron chi connectivity index (χ0n) is 58.7. The molecular formula is C63H104N10O20P4S2. The second kappa shape index (κ2) is 36.3. The van der Waals surface area contributed by atoms with Gasteiger partial charge >= 0.3 is 11.4 Å².